The van der Waals surface area contributed by atoms with E-state index in [4.69, 9.17) is 27.0 Å². The molecule has 2 N–H and O–H groups in total. The number of alkyl halides is 1. The Balaban J connectivity index is 1.22. The normalized spacial score (nSPS) is 28.0. The van der Waals surface area contributed by atoms with Gasteiger partial charge in [0.25, 0.3) is 5.69 Å². The van der Waals surface area contributed by atoms with E-state index in [1.165, 1.54) is 16.2 Å². The third kappa shape index (κ3) is 4.25. The third-order valence-corrected chi connectivity index (χ3v) is 11.2. The van der Waals surface area contributed by atoms with Gasteiger partial charge in [-0.05, 0) is 57.1 Å². The molecule has 10 nitrogen and oxygen atoms in total. The zero-order valence-electron chi connectivity index (χ0n) is 23.6. The van der Waals surface area contributed by atoms with Gasteiger partial charge in [0.2, 0.25) is 0 Å². The number of thiophene rings is 1. The van der Waals surface area contributed by atoms with Crippen LogP contribution in [0.4, 0.5) is 26.7 Å². The lowest BCUT2D eigenvalue weighted by Gasteiger charge is -2.50. The standard InChI is InChI=1S/C30H34FN9OS/c1-35-24-26(38-9-2-4-19(13-32)6-11-38)36-28(41-18-30-7-3-10-40(30)15-20(31)12-30)37-27(24)39-16-29(17-39)8-5-22-23(29)21(14-33)25(34)42-22/h19-20H,2-12,15-18,34H2/t19?,20-,30+/m1/s1. The molecule has 1 unspecified atom stereocenters. The van der Waals surface area contributed by atoms with Crippen molar-refractivity contribution in [3.8, 4) is 18.1 Å². The number of fused-ring (bicyclic) bond motifs is 3. The van der Waals surface area contributed by atoms with Crippen molar-refractivity contribution >= 4 is 33.7 Å². The summed E-state index contributed by atoms with van der Waals surface area (Å²) in [4.78, 5) is 21.2. The number of hydrogen-bond acceptors (Lipinski definition) is 10. The molecule has 2 aromatic heterocycles. The van der Waals surface area contributed by atoms with Gasteiger partial charge in [-0.3, -0.25) is 4.90 Å². The largest absolute Gasteiger partial charge is 0.461 e. The molecule has 5 aliphatic rings. The molecular formula is C30H34FN9OS. The van der Waals surface area contributed by atoms with E-state index in [-0.39, 0.29) is 22.9 Å². The number of aromatic nitrogens is 2. The highest BCUT2D eigenvalue weighted by molar-refractivity contribution is 7.16. The molecule has 0 amide bonds. The fraction of sp³-hybridized carbons (Fsp3) is 0.633. The monoisotopic (exact) mass is 587 g/mol. The summed E-state index contributed by atoms with van der Waals surface area (Å²) in [5.41, 5.74) is 7.75. The van der Waals surface area contributed by atoms with Gasteiger partial charge in [0.1, 0.15) is 35.5 Å². The van der Waals surface area contributed by atoms with Crippen LogP contribution in [0.25, 0.3) is 4.85 Å². The minimum Gasteiger partial charge on any atom is -0.461 e. The van der Waals surface area contributed by atoms with Gasteiger partial charge < -0.3 is 20.3 Å². The maximum absolute atomic E-state index is 14.4. The van der Waals surface area contributed by atoms with Crippen molar-refractivity contribution in [1.82, 2.24) is 14.9 Å². The van der Waals surface area contributed by atoms with Crippen molar-refractivity contribution in [1.29, 1.82) is 10.5 Å². The molecule has 7 rings (SSSR count). The van der Waals surface area contributed by atoms with Gasteiger partial charge in [-0.2, -0.15) is 20.5 Å². The summed E-state index contributed by atoms with van der Waals surface area (Å²) in [6.07, 6.45) is 5.74. The minimum atomic E-state index is -0.853. The lowest BCUT2D eigenvalue weighted by molar-refractivity contribution is 0.107. The highest BCUT2D eigenvalue weighted by Gasteiger charge is 2.53. The summed E-state index contributed by atoms with van der Waals surface area (Å²) < 4.78 is 20.7. The first-order chi connectivity index (χ1) is 20.4. The van der Waals surface area contributed by atoms with Crippen LogP contribution in [-0.2, 0) is 11.8 Å². The Bertz CT molecular complexity index is 1530. The zero-order valence-corrected chi connectivity index (χ0v) is 24.4. The maximum Gasteiger partial charge on any atom is 0.317 e. The molecule has 0 aromatic carbocycles. The molecule has 0 radical (unpaired) electrons. The van der Waals surface area contributed by atoms with E-state index in [2.05, 4.69) is 31.7 Å². The van der Waals surface area contributed by atoms with Crippen LogP contribution < -0.4 is 20.3 Å². The Morgan fingerprint density at radius 2 is 1.93 bits per heavy atom. The molecule has 3 atom stereocenters. The maximum atomic E-state index is 14.4. The zero-order chi connectivity index (χ0) is 29.1. The van der Waals surface area contributed by atoms with Gasteiger partial charge >= 0.3 is 6.01 Å². The van der Waals surface area contributed by atoms with E-state index in [1.807, 2.05) is 0 Å². The van der Waals surface area contributed by atoms with E-state index < -0.39 is 6.17 Å². The van der Waals surface area contributed by atoms with Crippen LogP contribution in [0.5, 0.6) is 6.01 Å². The Morgan fingerprint density at radius 1 is 1.12 bits per heavy atom. The lowest BCUT2D eigenvalue weighted by atomic mass is 9.74. The molecule has 218 valence electrons. The first kappa shape index (κ1) is 27.2. The summed E-state index contributed by atoms with van der Waals surface area (Å²) in [5.74, 6) is 1.08. The molecule has 4 aliphatic heterocycles. The average Bonchev–Trinajstić information content (AvgIpc) is 3.63. The molecule has 6 heterocycles. The lowest BCUT2D eigenvalue weighted by Crippen LogP contribution is -2.59. The number of aryl methyl sites for hydroxylation is 1. The second-order valence-corrected chi connectivity index (χ2v) is 13.7. The summed E-state index contributed by atoms with van der Waals surface area (Å²) in [6, 6.07) is 4.95. The Hall–Kier alpha value is -3.66. The van der Waals surface area contributed by atoms with Crippen molar-refractivity contribution in [2.75, 3.05) is 61.4 Å². The number of rotatable bonds is 5. The van der Waals surface area contributed by atoms with Gasteiger partial charge in [0.15, 0.2) is 0 Å². The highest BCUT2D eigenvalue weighted by Crippen LogP contribution is 2.54. The van der Waals surface area contributed by atoms with E-state index in [1.54, 1.807) is 0 Å². The van der Waals surface area contributed by atoms with Gasteiger partial charge in [-0.15, -0.1) is 11.3 Å². The van der Waals surface area contributed by atoms with E-state index in [9.17, 15) is 14.9 Å². The van der Waals surface area contributed by atoms with Crippen LogP contribution >= 0.6 is 11.3 Å². The Kier molecular flexibility index (Phi) is 6.64. The van der Waals surface area contributed by atoms with Crippen LogP contribution in [0, 0.1) is 35.2 Å². The summed E-state index contributed by atoms with van der Waals surface area (Å²) in [7, 11) is 0. The number of nitrogens with two attached hydrogens (primary N) is 1. The molecule has 42 heavy (non-hydrogen) atoms. The first-order valence-electron chi connectivity index (χ1n) is 14.9. The number of nitrogen functional groups attached to an aromatic ring is 1. The summed E-state index contributed by atoms with van der Waals surface area (Å²) >= 11 is 1.52. The second kappa shape index (κ2) is 10.3. The SMILES string of the molecule is [C-]#[N+]c1c(N2CCCC(C#N)CC2)nc(OC[C@@]23CCCN2C[C@H](F)C3)nc1N1CC2(CCc3sc(N)c(C#N)c32)C1. The Labute approximate surface area is 249 Å². The molecule has 0 bridgehead atoms. The smallest absolute Gasteiger partial charge is 0.317 e. The van der Waals surface area contributed by atoms with Crippen LogP contribution in [0.15, 0.2) is 0 Å². The number of ether oxygens (including phenoxy) is 1. The Morgan fingerprint density at radius 3 is 2.69 bits per heavy atom. The third-order valence-electron chi connectivity index (χ3n) is 10.1. The quantitative estimate of drug-likeness (QED) is 0.509. The van der Waals surface area contributed by atoms with Crippen molar-refractivity contribution in [3.05, 3.63) is 27.4 Å². The second-order valence-electron chi connectivity index (χ2n) is 12.6. The highest BCUT2D eigenvalue weighted by atomic mass is 32.1. The molecule has 1 spiro atoms. The summed E-state index contributed by atoms with van der Waals surface area (Å²) in [5, 5.41) is 19.9. The van der Waals surface area contributed by atoms with Crippen molar-refractivity contribution in [2.24, 2.45) is 5.92 Å². The number of nitrogens with zero attached hydrogens (tertiary/aromatic N) is 8. The number of halogens is 1. The molecule has 0 saturated carbocycles. The predicted octanol–water partition coefficient (Wildman–Crippen LogP) is 4.33. The van der Waals surface area contributed by atoms with E-state index in [0.29, 0.717) is 80.1 Å². The van der Waals surface area contributed by atoms with Gasteiger partial charge in [0, 0.05) is 55.4 Å². The van der Waals surface area contributed by atoms with Gasteiger partial charge in [-0.25, -0.2) is 9.24 Å². The predicted molar refractivity (Wildman–Crippen MR) is 158 cm³/mol. The van der Waals surface area contributed by atoms with Gasteiger partial charge in [-0.1, -0.05) is 0 Å². The molecule has 2 aromatic rings. The number of nitriles is 2. The van der Waals surface area contributed by atoms with Crippen LogP contribution in [0.1, 0.15) is 60.9 Å². The molecule has 12 heteroatoms. The van der Waals surface area contributed by atoms with E-state index in [0.717, 1.165) is 50.6 Å². The topological polar surface area (TPSA) is 123 Å². The van der Waals surface area contributed by atoms with Gasteiger partial charge in [0.05, 0.1) is 23.7 Å². The summed E-state index contributed by atoms with van der Waals surface area (Å²) in [6.45, 7) is 12.4. The fourth-order valence-electron chi connectivity index (χ4n) is 8.08. The number of anilines is 3. The first-order valence-corrected chi connectivity index (χ1v) is 15.7. The van der Waals surface area contributed by atoms with Crippen molar-refractivity contribution < 1.29 is 9.13 Å². The van der Waals surface area contributed by atoms with Crippen LogP contribution in [0.2, 0.25) is 0 Å². The van der Waals surface area contributed by atoms with Crippen molar-refractivity contribution in [2.45, 2.75) is 68.5 Å². The number of hydrogen-bond donors (Lipinski definition) is 1. The molecular weight excluding hydrogens is 553 g/mol. The average molecular weight is 588 g/mol. The molecule has 4 fully saturated rings. The minimum absolute atomic E-state index is 0.00828. The molecule has 4 saturated heterocycles. The van der Waals surface area contributed by atoms with Crippen molar-refractivity contribution in [3.63, 3.8) is 0 Å². The van der Waals surface area contributed by atoms with Crippen LogP contribution in [0.3, 0.4) is 0 Å². The van der Waals surface area contributed by atoms with Crippen LogP contribution in [-0.4, -0.2) is 72.5 Å². The van der Waals surface area contributed by atoms with E-state index >= 15 is 0 Å². The fourth-order valence-corrected chi connectivity index (χ4v) is 9.22. The molecule has 1 aliphatic carbocycles.